The molecule has 0 radical (unpaired) electrons. The number of fused-ring (bicyclic) bond motifs is 18. The summed E-state index contributed by atoms with van der Waals surface area (Å²) in [6, 6.07) is 77.4. The minimum absolute atomic E-state index is 0.641. The molecule has 14 aromatic rings. The molecule has 0 N–H and O–H groups in total. The van der Waals surface area contributed by atoms with E-state index in [9.17, 15) is 0 Å². The SMILES string of the molecule is c1ccc2c(c1)Sc1cc(-c3ccc4c(c3)c3ccccc3n4-c3ccc(-n4c5ccccc5c5ccccc54)cn3)ccc1C21c2cccnc2-c2ncc(-n3c4ccccc4c4ccccc43)cc21. The van der Waals surface area contributed by atoms with Crippen molar-refractivity contribution in [1.82, 2.24) is 28.7 Å². The zero-order valence-electron chi connectivity index (χ0n) is 38.0. The molecule has 71 heavy (non-hydrogen) atoms. The lowest BCUT2D eigenvalue weighted by atomic mass is 9.67. The van der Waals surface area contributed by atoms with Crippen LogP contribution in [0, 0.1) is 0 Å². The van der Waals surface area contributed by atoms with Gasteiger partial charge in [0.05, 0.1) is 73.7 Å². The maximum absolute atomic E-state index is 5.35. The molecule has 0 amide bonds. The van der Waals surface area contributed by atoms with Crippen molar-refractivity contribution < 1.29 is 0 Å². The van der Waals surface area contributed by atoms with Crippen molar-refractivity contribution in [3.8, 4) is 39.7 Å². The van der Waals surface area contributed by atoms with Crippen LogP contribution >= 0.6 is 11.8 Å². The summed E-state index contributed by atoms with van der Waals surface area (Å²) in [4.78, 5) is 18.1. The Morgan fingerprint density at radius 3 is 1.49 bits per heavy atom. The number of hydrogen-bond donors (Lipinski definition) is 0. The van der Waals surface area contributed by atoms with Gasteiger partial charge in [-0.2, -0.15) is 0 Å². The predicted octanol–water partition coefficient (Wildman–Crippen LogP) is 15.7. The van der Waals surface area contributed by atoms with Gasteiger partial charge >= 0.3 is 0 Å². The van der Waals surface area contributed by atoms with Gasteiger partial charge < -0.3 is 9.13 Å². The van der Waals surface area contributed by atoms with E-state index < -0.39 is 5.41 Å². The first-order valence-electron chi connectivity index (χ1n) is 24.1. The summed E-state index contributed by atoms with van der Waals surface area (Å²) in [6.45, 7) is 0. The van der Waals surface area contributed by atoms with Gasteiger partial charge in [-0.3, -0.25) is 14.5 Å². The summed E-state index contributed by atoms with van der Waals surface area (Å²) in [5.41, 5.74) is 17.3. The van der Waals surface area contributed by atoms with Gasteiger partial charge in [0.15, 0.2) is 0 Å². The number of para-hydroxylation sites is 5. The van der Waals surface area contributed by atoms with Crippen molar-refractivity contribution >= 4 is 77.2 Å². The summed E-state index contributed by atoms with van der Waals surface area (Å²) in [5.74, 6) is 0.880. The number of aromatic nitrogens is 6. The highest BCUT2D eigenvalue weighted by atomic mass is 32.2. The maximum atomic E-state index is 5.35. The molecule has 16 rings (SSSR count). The molecule has 8 aromatic carbocycles. The molecule has 1 aliphatic heterocycles. The van der Waals surface area contributed by atoms with Crippen LogP contribution < -0.4 is 0 Å². The summed E-state index contributed by atoms with van der Waals surface area (Å²) in [5, 5.41) is 7.31. The summed E-state index contributed by atoms with van der Waals surface area (Å²) in [6.07, 6.45) is 5.95. The second kappa shape index (κ2) is 14.5. The molecule has 0 bridgehead atoms. The van der Waals surface area contributed by atoms with Crippen LogP contribution in [0.1, 0.15) is 22.3 Å². The van der Waals surface area contributed by atoms with E-state index in [0.29, 0.717) is 0 Å². The molecule has 7 heterocycles. The van der Waals surface area contributed by atoms with Gasteiger partial charge in [-0.05, 0) is 107 Å². The van der Waals surface area contributed by atoms with Crippen molar-refractivity contribution in [1.29, 1.82) is 0 Å². The molecule has 1 atom stereocenters. The molecule has 1 spiro atoms. The number of nitrogens with zero attached hydrogens (tertiary/aromatic N) is 6. The lowest BCUT2D eigenvalue weighted by Gasteiger charge is -2.39. The number of hydrogen-bond acceptors (Lipinski definition) is 4. The summed E-state index contributed by atoms with van der Waals surface area (Å²) >= 11 is 1.86. The first kappa shape index (κ1) is 38.9. The number of pyridine rings is 3. The van der Waals surface area contributed by atoms with Crippen LogP contribution in [0.2, 0.25) is 0 Å². The molecule has 330 valence electrons. The molecular formula is C64H38N6S. The molecule has 1 aliphatic carbocycles. The first-order valence-corrected chi connectivity index (χ1v) is 24.9. The smallest absolute Gasteiger partial charge is 0.137 e. The van der Waals surface area contributed by atoms with E-state index in [1.165, 1.54) is 69.8 Å². The molecular weight excluding hydrogens is 885 g/mol. The second-order valence-corrected chi connectivity index (χ2v) is 19.8. The van der Waals surface area contributed by atoms with Gasteiger partial charge in [-0.15, -0.1) is 0 Å². The Balaban J connectivity index is 0.847. The fourth-order valence-corrected chi connectivity index (χ4v) is 13.6. The van der Waals surface area contributed by atoms with Crippen molar-refractivity contribution in [2.75, 3.05) is 0 Å². The van der Waals surface area contributed by atoms with Crippen LogP contribution in [0.5, 0.6) is 0 Å². The monoisotopic (exact) mass is 922 g/mol. The average molecular weight is 923 g/mol. The molecule has 0 saturated carbocycles. The zero-order valence-corrected chi connectivity index (χ0v) is 38.8. The fraction of sp³-hybridized carbons (Fsp3) is 0.0156. The van der Waals surface area contributed by atoms with Gasteiger partial charge in [-0.1, -0.05) is 145 Å². The van der Waals surface area contributed by atoms with E-state index in [0.717, 1.165) is 67.3 Å². The lowest BCUT2D eigenvalue weighted by molar-refractivity contribution is 0.719. The van der Waals surface area contributed by atoms with Crippen LogP contribution in [0.3, 0.4) is 0 Å². The Labute approximate surface area is 411 Å². The first-order chi connectivity index (χ1) is 35.2. The largest absolute Gasteiger partial charge is 0.308 e. The zero-order chi connectivity index (χ0) is 46.4. The number of benzene rings is 8. The molecule has 0 fully saturated rings. The van der Waals surface area contributed by atoms with E-state index in [1.54, 1.807) is 0 Å². The van der Waals surface area contributed by atoms with Crippen LogP contribution in [0.15, 0.2) is 241 Å². The predicted molar refractivity (Wildman–Crippen MR) is 290 cm³/mol. The van der Waals surface area contributed by atoms with Gasteiger partial charge in [0.2, 0.25) is 0 Å². The third-order valence-corrected chi connectivity index (χ3v) is 16.4. The average Bonchev–Trinajstić information content (AvgIpc) is 4.15. The summed E-state index contributed by atoms with van der Waals surface area (Å²) in [7, 11) is 0. The highest BCUT2D eigenvalue weighted by molar-refractivity contribution is 7.99. The maximum Gasteiger partial charge on any atom is 0.137 e. The lowest BCUT2D eigenvalue weighted by Crippen LogP contribution is -2.32. The van der Waals surface area contributed by atoms with Gasteiger partial charge in [0.25, 0.3) is 0 Å². The minimum atomic E-state index is -0.641. The second-order valence-electron chi connectivity index (χ2n) is 18.7. The van der Waals surface area contributed by atoms with Crippen molar-refractivity contribution in [3.05, 3.63) is 253 Å². The molecule has 1 unspecified atom stereocenters. The van der Waals surface area contributed by atoms with Gasteiger partial charge in [-0.25, -0.2) is 4.98 Å². The minimum Gasteiger partial charge on any atom is -0.308 e. The highest BCUT2D eigenvalue weighted by Gasteiger charge is 2.52. The normalized spacial score (nSPS) is 14.8. The Hall–Kier alpha value is -9.04. The topological polar surface area (TPSA) is 53.5 Å². The fourth-order valence-electron chi connectivity index (χ4n) is 12.3. The van der Waals surface area contributed by atoms with Crippen LogP contribution in [0.4, 0.5) is 0 Å². The van der Waals surface area contributed by atoms with Crippen molar-refractivity contribution in [3.63, 3.8) is 0 Å². The molecule has 0 saturated heterocycles. The number of rotatable bonds is 4. The Morgan fingerprint density at radius 1 is 0.324 bits per heavy atom. The quantitative estimate of drug-likeness (QED) is 0.176. The Morgan fingerprint density at radius 2 is 0.831 bits per heavy atom. The van der Waals surface area contributed by atoms with Crippen LogP contribution in [0.25, 0.3) is 105 Å². The molecule has 7 heteroatoms. The summed E-state index contributed by atoms with van der Waals surface area (Å²) < 4.78 is 7.00. The molecule has 2 aliphatic rings. The molecule has 6 nitrogen and oxygen atoms in total. The Bertz CT molecular complexity index is 4470. The van der Waals surface area contributed by atoms with Crippen molar-refractivity contribution in [2.24, 2.45) is 0 Å². The van der Waals surface area contributed by atoms with E-state index >= 15 is 0 Å². The van der Waals surface area contributed by atoms with E-state index in [1.807, 2.05) is 30.4 Å². The van der Waals surface area contributed by atoms with Crippen molar-refractivity contribution in [2.45, 2.75) is 15.2 Å². The van der Waals surface area contributed by atoms with E-state index in [2.05, 4.69) is 226 Å². The molecule has 6 aromatic heterocycles. The van der Waals surface area contributed by atoms with Crippen LogP contribution in [-0.2, 0) is 5.41 Å². The standard InChI is InChI=1S/C64H38N6S/c1-7-21-53-43(14-1)44-15-2-8-22-54(44)68(53)41-29-32-61(66-37-41)70-57-25-11-5-18-47(57)48-34-39(28-31-58(48)70)40-27-30-50-60(35-40)71-59-26-12-6-19-49(59)64(50)51-20-13-33-65-62(51)63-52(64)36-42(38-67-63)69-55-23-9-3-16-45(55)46-17-4-10-24-56(46)69/h1-38H. The van der Waals surface area contributed by atoms with Gasteiger partial charge in [0.1, 0.15) is 5.82 Å². The van der Waals surface area contributed by atoms with E-state index in [-0.39, 0.29) is 0 Å². The van der Waals surface area contributed by atoms with E-state index in [4.69, 9.17) is 15.0 Å². The van der Waals surface area contributed by atoms with Crippen LogP contribution in [-0.4, -0.2) is 28.7 Å². The Kier molecular flexibility index (Phi) is 7.94. The highest BCUT2D eigenvalue weighted by Crippen LogP contribution is 2.62. The third kappa shape index (κ3) is 5.25. The third-order valence-electron chi connectivity index (χ3n) is 15.3. The van der Waals surface area contributed by atoms with Gasteiger partial charge in [0, 0.05) is 53.9 Å².